The molecule has 4 aromatic heterocycles. The average Bonchev–Trinajstić information content (AvgIpc) is 3.56. The van der Waals surface area contributed by atoms with Gasteiger partial charge < -0.3 is 9.51 Å². The summed E-state index contributed by atoms with van der Waals surface area (Å²) in [6, 6.07) is 6.80. The average molecular weight is 474 g/mol. The van der Waals surface area contributed by atoms with Crippen molar-refractivity contribution in [3.8, 4) is 22.5 Å². The van der Waals surface area contributed by atoms with Crippen LogP contribution in [0.5, 0.6) is 0 Å². The number of benzene rings is 1. The number of H-pyrrole nitrogens is 1. The van der Waals surface area contributed by atoms with Gasteiger partial charge in [0.15, 0.2) is 5.65 Å². The molecule has 9 nitrogen and oxygen atoms in total. The summed E-state index contributed by atoms with van der Waals surface area (Å²) in [4.78, 5) is 28.8. The van der Waals surface area contributed by atoms with Gasteiger partial charge >= 0.3 is 0 Å². The Morgan fingerprint density at radius 2 is 2.00 bits per heavy atom. The van der Waals surface area contributed by atoms with Crippen LogP contribution in [0.25, 0.3) is 33.7 Å². The fourth-order valence-electron chi connectivity index (χ4n) is 3.75. The molecule has 0 bridgehead atoms. The Kier molecular flexibility index (Phi) is 5.50. The van der Waals surface area contributed by atoms with Gasteiger partial charge in [-0.2, -0.15) is 10.1 Å². The largest absolute Gasteiger partial charge is 0.338 e. The van der Waals surface area contributed by atoms with E-state index in [4.69, 9.17) is 4.52 Å². The number of carbonyl (C=O) groups excluding carboxylic acids is 1. The number of aromatic nitrogens is 7. The summed E-state index contributed by atoms with van der Waals surface area (Å²) in [5.74, 6) is 0.375. The number of pyridine rings is 1. The molecule has 10 heteroatoms. The highest BCUT2D eigenvalue weighted by Gasteiger charge is 2.24. The summed E-state index contributed by atoms with van der Waals surface area (Å²) in [5.41, 5.74) is 3.62. The van der Waals surface area contributed by atoms with Crippen molar-refractivity contribution in [2.75, 3.05) is 0 Å². The summed E-state index contributed by atoms with van der Waals surface area (Å²) >= 11 is 0. The maximum absolute atomic E-state index is 15.0. The monoisotopic (exact) mass is 473 g/mol. The summed E-state index contributed by atoms with van der Waals surface area (Å²) in [6.07, 6.45) is 5.52. The van der Waals surface area contributed by atoms with Crippen LogP contribution in [0.15, 0.2) is 47.4 Å². The second kappa shape index (κ2) is 8.53. The van der Waals surface area contributed by atoms with E-state index in [0.29, 0.717) is 34.0 Å². The molecule has 1 N–H and O–H groups in total. The van der Waals surface area contributed by atoms with E-state index in [1.165, 1.54) is 6.07 Å². The molecule has 0 aliphatic heterocycles. The van der Waals surface area contributed by atoms with Crippen LogP contribution in [0.3, 0.4) is 0 Å². The molecule has 178 valence electrons. The molecule has 0 fully saturated rings. The summed E-state index contributed by atoms with van der Waals surface area (Å²) in [6.45, 7) is 5.77. The van der Waals surface area contributed by atoms with E-state index in [-0.39, 0.29) is 29.9 Å². The first-order chi connectivity index (χ1) is 16.7. The van der Waals surface area contributed by atoms with Crippen LogP contribution in [-0.2, 0) is 18.9 Å². The maximum atomic E-state index is 15.0. The molecule has 0 saturated heterocycles. The van der Waals surface area contributed by atoms with Gasteiger partial charge in [0, 0.05) is 36.8 Å². The molecule has 1 aromatic carbocycles. The molecular formula is C25H24FN7O2. The Balaban J connectivity index is 1.36. The predicted molar refractivity (Wildman–Crippen MR) is 127 cm³/mol. The van der Waals surface area contributed by atoms with Crippen molar-refractivity contribution in [2.45, 2.75) is 39.0 Å². The fourth-order valence-corrected chi connectivity index (χ4v) is 3.75. The van der Waals surface area contributed by atoms with E-state index in [9.17, 15) is 4.79 Å². The van der Waals surface area contributed by atoms with Gasteiger partial charge in [0.05, 0.1) is 17.3 Å². The zero-order valence-electron chi connectivity index (χ0n) is 19.8. The highest BCUT2D eigenvalue weighted by Crippen LogP contribution is 2.30. The number of imidazole rings is 1. The van der Waals surface area contributed by atoms with Gasteiger partial charge in [0.1, 0.15) is 11.6 Å². The number of fused-ring (bicyclic) bond motifs is 1. The van der Waals surface area contributed by atoms with Crippen molar-refractivity contribution >= 4 is 16.9 Å². The van der Waals surface area contributed by atoms with Gasteiger partial charge in [-0.05, 0) is 29.7 Å². The van der Waals surface area contributed by atoms with Crippen LogP contribution in [0, 0.1) is 5.82 Å². The minimum atomic E-state index is -0.393. The van der Waals surface area contributed by atoms with Crippen LogP contribution < -0.4 is 0 Å². The van der Waals surface area contributed by atoms with E-state index in [1.54, 1.807) is 23.1 Å². The number of nitrogens with zero attached hydrogens (tertiary/aromatic N) is 6. The maximum Gasteiger partial charge on any atom is 0.238 e. The number of halogens is 1. The molecule has 0 atom stereocenters. The third-order valence-corrected chi connectivity index (χ3v) is 5.67. The third kappa shape index (κ3) is 4.46. The number of hydrogen-bond acceptors (Lipinski definition) is 7. The molecule has 0 unspecified atom stereocenters. The van der Waals surface area contributed by atoms with Gasteiger partial charge in [0.2, 0.25) is 17.5 Å². The quantitative estimate of drug-likeness (QED) is 0.357. The molecule has 0 saturated carbocycles. The predicted octanol–water partition coefficient (Wildman–Crippen LogP) is 4.66. The highest BCUT2D eigenvalue weighted by molar-refractivity contribution is 5.93. The number of Topliss-reactive ketones (excluding diaryl/α,β-unsaturated/α-hetero) is 1. The van der Waals surface area contributed by atoms with E-state index in [2.05, 4.69) is 30.2 Å². The topological polar surface area (TPSA) is 115 Å². The Morgan fingerprint density at radius 1 is 1.17 bits per heavy atom. The SMILES string of the molecule is Cn1cc(-c2nc3nccc(-c4ccc(CCC(=O)c5noc(C(C)(C)C)n5)c(F)c4)c3[nH]2)cn1. The van der Waals surface area contributed by atoms with Crippen LogP contribution in [-0.4, -0.2) is 40.7 Å². The normalized spacial score (nSPS) is 11.9. The van der Waals surface area contributed by atoms with Crippen molar-refractivity contribution in [3.05, 3.63) is 66.0 Å². The number of hydrogen-bond donors (Lipinski definition) is 1. The van der Waals surface area contributed by atoms with Crippen molar-refractivity contribution in [1.29, 1.82) is 0 Å². The van der Waals surface area contributed by atoms with Gasteiger partial charge in [0.25, 0.3) is 0 Å². The number of carbonyl (C=O) groups is 1. The number of rotatable bonds is 6. The molecule has 0 radical (unpaired) electrons. The molecule has 5 rings (SSSR count). The van der Waals surface area contributed by atoms with Gasteiger partial charge in [-0.3, -0.25) is 9.48 Å². The first-order valence-electron chi connectivity index (χ1n) is 11.2. The van der Waals surface area contributed by atoms with E-state index < -0.39 is 5.82 Å². The summed E-state index contributed by atoms with van der Waals surface area (Å²) < 4.78 is 21.9. The van der Waals surface area contributed by atoms with Gasteiger partial charge in [-0.25, -0.2) is 14.4 Å². The minimum absolute atomic E-state index is 0.0230. The fraction of sp³-hybridized carbons (Fsp3) is 0.280. The standard InChI is InChI=1S/C25H24FN7O2/c1-25(2,3)24-31-22(32-35-24)19(34)8-7-14-5-6-15(11-18(14)26)17-9-10-27-23-20(17)29-21(30-23)16-12-28-33(4)13-16/h5-6,9-13H,7-8H2,1-4H3,(H,27,29,30). The minimum Gasteiger partial charge on any atom is -0.338 e. The zero-order valence-corrected chi connectivity index (χ0v) is 19.8. The first-order valence-corrected chi connectivity index (χ1v) is 11.2. The number of nitrogens with one attached hydrogen (secondary N) is 1. The van der Waals surface area contributed by atoms with E-state index >= 15 is 4.39 Å². The third-order valence-electron chi connectivity index (χ3n) is 5.67. The second-order valence-electron chi connectivity index (χ2n) is 9.45. The lowest BCUT2D eigenvalue weighted by Gasteiger charge is -2.10. The molecule has 35 heavy (non-hydrogen) atoms. The first kappa shape index (κ1) is 22.6. The van der Waals surface area contributed by atoms with Gasteiger partial charge in [-0.15, -0.1) is 0 Å². The van der Waals surface area contributed by atoms with Crippen LogP contribution >= 0.6 is 0 Å². The lowest BCUT2D eigenvalue weighted by atomic mass is 9.97. The highest BCUT2D eigenvalue weighted by atomic mass is 19.1. The molecule has 0 aliphatic rings. The Morgan fingerprint density at radius 3 is 2.69 bits per heavy atom. The Bertz CT molecular complexity index is 1540. The van der Waals surface area contributed by atoms with Crippen LogP contribution in [0.4, 0.5) is 4.39 Å². The molecule has 0 amide bonds. The molecule has 5 aromatic rings. The van der Waals surface area contributed by atoms with Crippen molar-refractivity contribution < 1.29 is 13.7 Å². The van der Waals surface area contributed by atoms with Crippen LogP contribution in [0.2, 0.25) is 0 Å². The molecule has 0 spiro atoms. The van der Waals surface area contributed by atoms with E-state index in [0.717, 1.165) is 11.1 Å². The second-order valence-corrected chi connectivity index (χ2v) is 9.45. The molecular weight excluding hydrogens is 449 g/mol. The Labute approximate surface area is 200 Å². The van der Waals surface area contributed by atoms with Crippen molar-refractivity contribution in [1.82, 2.24) is 34.9 Å². The zero-order chi connectivity index (χ0) is 24.7. The summed E-state index contributed by atoms with van der Waals surface area (Å²) in [5, 5.41) is 7.95. The van der Waals surface area contributed by atoms with Gasteiger partial charge in [-0.1, -0.05) is 38.1 Å². The number of aryl methyl sites for hydroxylation is 2. The van der Waals surface area contributed by atoms with Crippen molar-refractivity contribution in [2.24, 2.45) is 7.05 Å². The lowest BCUT2D eigenvalue weighted by Crippen LogP contribution is -2.12. The summed E-state index contributed by atoms with van der Waals surface area (Å²) in [7, 11) is 1.83. The number of ketones is 1. The van der Waals surface area contributed by atoms with Crippen molar-refractivity contribution in [3.63, 3.8) is 0 Å². The smallest absolute Gasteiger partial charge is 0.238 e. The lowest BCUT2D eigenvalue weighted by molar-refractivity contribution is 0.0969. The number of aromatic amines is 1. The Hall–Kier alpha value is -4.21. The molecule has 0 aliphatic carbocycles. The molecule has 4 heterocycles. The van der Waals surface area contributed by atoms with Crippen LogP contribution in [0.1, 0.15) is 49.3 Å². The van der Waals surface area contributed by atoms with E-state index in [1.807, 2.05) is 46.1 Å².